The predicted molar refractivity (Wildman–Crippen MR) is 181 cm³/mol. The first-order chi connectivity index (χ1) is 22.6. The average molecular weight is 706 g/mol. The van der Waals surface area contributed by atoms with E-state index in [1.54, 1.807) is 41.5 Å². The summed E-state index contributed by atoms with van der Waals surface area (Å²) < 4.78 is 37.1. The standard InChI is InChI=1S/C36H67NO12/c1-13-26-36(10,43)29(39)23(6)37(11)18-19(2)16-34(8,42)31(49-33-25(38)15-14-20(3)45-33)21(4)28(22(5)32(41)47-26)48-27-17-35(9,44-12)30(40)24(7)46-27/h19-31,33,38-40,42-43H,13-18H2,1-12H3/t19-,20-,21+,22-,23-,24+,25-,26-,27+,28+,29+,30+,31-,33+,34?,35-,36-/m1/s1. The Hall–Kier alpha value is -0.970. The molecule has 1 unspecified atom stereocenters. The van der Waals surface area contributed by atoms with Crippen LogP contribution in [0, 0.1) is 17.8 Å². The van der Waals surface area contributed by atoms with Gasteiger partial charge in [0.1, 0.15) is 30.0 Å². The molecule has 0 aromatic heterocycles. The maximum Gasteiger partial charge on any atom is 0.311 e. The number of esters is 1. The molecule has 3 fully saturated rings. The first kappa shape index (κ1) is 42.4. The van der Waals surface area contributed by atoms with E-state index in [1.807, 2.05) is 32.7 Å². The number of aliphatic hydroxyl groups is 5. The largest absolute Gasteiger partial charge is 0.459 e. The van der Waals surface area contributed by atoms with Crippen LogP contribution in [0.4, 0.5) is 0 Å². The minimum Gasteiger partial charge on any atom is -0.459 e. The van der Waals surface area contributed by atoms with Crippen LogP contribution in [-0.4, -0.2) is 141 Å². The number of methoxy groups -OCH3 is 1. The molecule has 0 bridgehead atoms. The van der Waals surface area contributed by atoms with Gasteiger partial charge in [0.2, 0.25) is 0 Å². The SMILES string of the molecule is CC[C@H]1OC(=O)[C@H](C)[C@@H](O[C@H]2C[C@@](C)(OC)[C@@H](O)[C@H](C)O2)[C@H](C)[C@@H](O[C@@H]2O[C@H](C)CC[C@H]2O)C(C)(O)C[C@@H](C)CN(C)[C@H](C)[C@H](O)[C@]1(C)O. The molecule has 0 spiro atoms. The number of aliphatic hydroxyl groups excluding tert-OH is 3. The van der Waals surface area contributed by atoms with Crippen molar-refractivity contribution in [3.63, 3.8) is 0 Å². The van der Waals surface area contributed by atoms with Crippen LogP contribution in [0.15, 0.2) is 0 Å². The second kappa shape index (κ2) is 16.8. The predicted octanol–water partition coefficient (Wildman–Crippen LogP) is 2.36. The first-order valence-electron chi connectivity index (χ1n) is 18.2. The molecule has 13 heteroatoms. The van der Waals surface area contributed by atoms with Gasteiger partial charge in [0, 0.05) is 32.0 Å². The molecule has 3 heterocycles. The van der Waals surface area contributed by atoms with Gasteiger partial charge in [-0.3, -0.25) is 4.79 Å². The second-order valence-corrected chi connectivity index (χ2v) is 16.1. The summed E-state index contributed by atoms with van der Waals surface area (Å²) in [7, 11) is 3.35. The number of nitrogens with zero attached hydrogens (tertiary/aromatic N) is 1. The van der Waals surface area contributed by atoms with Gasteiger partial charge in [-0.2, -0.15) is 0 Å². The van der Waals surface area contributed by atoms with Crippen LogP contribution in [0.1, 0.15) is 101 Å². The molecule has 0 aliphatic carbocycles. The molecule has 3 rings (SSSR count). The van der Waals surface area contributed by atoms with Crippen LogP contribution in [-0.2, 0) is 33.2 Å². The van der Waals surface area contributed by atoms with Crippen LogP contribution >= 0.6 is 0 Å². The summed E-state index contributed by atoms with van der Waals surface area (Å²) >= 11 is 0. The number of likely N-dealkylation sites (N-methyl/N-ethyl adjacent to an activating group) is 1. The minimum absolute atomic E-state index is 0.123. The van der Waals surface area contributed by atoms with Crippen LogP contribution in [0.3, 0.4) is 0 Å². The Labute approximate surface area is 293 Å². The van der Waals surface area contributed by atoms with Gasteiger partial charge in [-0.15, -0.1) is 0 Å². The lowest BCUT2D eigenvalue weighted by molar-refractivity contribution is -0.314. The lowest BCUT2D eigenvalue weighted by atomic mass is 9.77. The number of rotatable bonds is 6. The summed E-state index contributed by atoms with van der Waals surface area (Å²) in [6.45, 7) is 18.0. The number of hydrogen-bond acceptors (Lipinski definition) is 13. The van der Waals surface area contributed by atoms with Crippen molar-refractivity contribution in [3.8, 4) is 0 Å². The number of cyclic esters (lactones) is 1. The molecular weight excluding hydrogens is 638 g/mol. The van der Waals surface area contributed by atoms with Crippen LogP contribution in [0.25, 0.3) is 0 Å². The number of ether oxygens (including phenoxy) is 6. The van der Waals surface area contributed by atoms with Crippen molar-refractivity contribution in [1.82, 2.24) is 4.90 Å². The first-order valence-corrected chi connectivity index (χ1v) is 18.2. The minimum atomic E-state index is -1.79. The van der Waals surface area contributed by atoms with Gasteiger partial charge in [0.25, 0.3) is 0 Å². The van der Waals surface area contributed by atoms with Crippen LogP contribution < -0.4 is 0 Å². The number of carbonyl (C=O) groups excluding carboxylic acids is 1. The van der Waals surface area contributed by atoms with Gasteiger partial charge in [-0.1, -0.05) is 20.8 Å². The normalized spacial score (nSPS) is 50.3. The second-order valence-electron chi connectivity index (χ2n) is 16.1. The van der Waals surface area contributed by atoms with Crippen molar-refractivity contribution in [1.29, 1.82) is 0 Å². The molecule has 0 aromatic rings. The lowest BCUT2D eigenvalue weighted by Crippen LogP contribution is -2.59. The molecule has 5 N–H and O–H groups in total. The van der Waals surface area contributed by atoms with Crippen molar-refractivity contribution in [2.45, 2.75) is 186 Å². The average Bonchev–Trinajstić information content (AvgIpc) is 3.02. The van der Waals surface area contributed by atoms with E-state index >= 15 is 0 Å². The third-order valence-corrected chi connectivity index (χ3v) is 11.5. The van der Waals surface area contributed by atoms with Crippen molar-refractivity contribution in [2.24, 2.45) is 17.8 Å². The molecule has 3 aliphatic rings. The summed E-state index contributed by atoms with van der Waals surface area (Å²) in [5, 5.41) is 57.2. The monoisotopic (exact) mass is 705 g/mol. The maximum absolute atomic E-state index is 14.1. The van der Waals surface area contributed by atoms with E-state index in [2.05, 4.69) is 0 Å². The molecule has 288 valence electrons. The Balaban J connectivity index is 2.14. The van der Waals surface area contributed by atoms with E-state index in [1.165, 1.54) is 14.0 Å². The summed E-state index contributed by atoms with van der Waals surface area (Å²) in [6.07, 6.45) is -7.23. The summed E-state index contributed by atoms with van der Waals surface area (Å²) in [5.74, 6) is -2.51. The van der Waals surface area contributed by atoms with Crippen LogP contribution in [0.2, 0.25) is 0 Å². The molecule has 0 amide bonds. The fraction of sp³-hybridized carbons (Fsp3) is 0.972. The zero-order chi connectivity index (χ0) is 37.2. The molecule has 3 aliphatic heterocycles. The molecular formula is C36H67NO12. The topological polar surface area (TPSA) is 177 Å². The smallest absolute Gasteiger partial charge is 0.311 e. The Morgan fingerprint density at radius 2 is 1.55 bits per heavy atom. The maximum atomic E-state index is 14.1. The Kier molecular flexibility index (Phi) is 14.5. The highest BCUT2D eigenvalue weighted by Gasteiger charge is 2.52. The Bertz CT molecular complexity index is 1060. The number of hydrogen-bond donors (Lipinski definition) is 5. The van der Waals surface area contributed by atoms with E-state index in [0.29, 0.717) is 19.4 Å². The zero-order valence-electron chi connectivity index (χ0n) is 31.9. The van der Waals surface area contributed by atoms with E-state index < -0.39 is 96.0 Å². The molecule has 3 saturated heterocycles. The van der Waals surface area contributed by atoms with E-state index in [0.717, 1.165) is 0 Å². The summed E-state index contributed by atoms with van der Waals surface area (Å²) in [5.41, 5.74) is -4.32. The fourth-order valence-corrected chi connectivity index (χ4v) is 8.13. The third-order valence-electron chi connectivity index (χ3n) is 11.5. The fourth-order valence-electron chi connectivity index (χ4n) is 8.13. The van der Waals surface area contributed by atoms with Crippen molar-refractivity contribution in [3.05, 3.63) is 0 Å². The van der Waals surface area contributed by atoms with Crippen molar-refractivity contribution in [2.75, 3.05) is 20.7 Å². The van der Waals surface area contributed by atoms with E-state index in [9.17, 15) is 30.3 Å². The van der Waals surface area contributed by atoms with Crippen molar-refractivity contribution >= 4 is 5.97 Å². The third kappa shape index (κ3) is 9.72. The molecule has 49 heavy (non-hydrogen) atoms. The van der Waals surface area contributed by atoms with Gasteiger partial charge in [-0.05, 0) is 87.1 Å². The molecule has 0 saturated carbocycles. The van der Waals surface area contributed by atoms with Gasteiger partial charge in [0.15, 0.2) is 12.6 Å². The van der Waals surface area contributed by atoms with Gasteiger partial charge in [-0.25, -0.2) is 0 Å². The molecule has 17 atom stereocenters. The van der Waals surface area contributed by atoms with E-state index in [4.69, 9.17) is 28.4 Å². The van der Waals surface area contributed by atoms with Gasteiger partial charge >= 0.3 is 5.97 Å². The Morgan fingerprint density at radius 1 is 0.918 bits per heavy atom. The van der Waals surface area contributed by atoms with E-state index in [-0.39, 0.29) is 31.3 Å². The molecule has 0 aromatic carbocycles. The highest BCUT2D eigenvalue weighted by Crippen LogP contribution is 2.40. The quantitative estimate of drug-likeness (QED) is 0.255. The van der Waals surface area contributed by atoms with Crippen LogP contribution in [0.5, 0.6) is 0 Å². The molecule has 0 radical (unpaired) electrons. The van der Waals surface area contributed by atoms with Crippen molar-refractivity contribution < 1.29 is 58.7 Å². The summed E-state index contributed by atoms with van der Waals surface area (Å²) in [6, 6.07) is -0.525. The lowest BCUT2D eigenvalue weighted by Gasteiger charge is -2.48. The highest BCUT2D eigenvalue weighted by molar-refractivity contribution is 5.73. The molecule has 13 nitrogen and oxygen atoms in total. The summed E-state index contributed by atoms with van der Waals surface area (Å²) in [4.78, 5) is 16.0. The number of carbonyl (C=O) groups is 1. The zero-order valence-corrected chi connectivity index (χ0v) is 31.9. The highest BCUT2D eigenvalue weighted by atomic mass is 16.7. The van der Waals surface area contributed by atoms with Gasteiger partial charge in [0.05, 0.1) is 41.5 Å². The Morgan fingerprint density at radius 3 is 2.14 bits per heavy atom. The van der Waals surface area contributed by atoms with Gasteiger partial charge < -0.3 is 58.9 Å².